The van der Waals surface area contributed by atoms with Crippen molar-refractivity contribution in [1.82, 2.24) is 15.2 Å². The lowest BCUT2D eigenvalue weighted by atomic mass is 10.1. The summed E-state index contributed by atoms with van der Waals surface area (Å²) in [5.41, 5.74) is 4.14. The molecule has 5 nitrogen and oxygen atoms in total. The monoisotopic (exact) mass is 394 g/mol. The molecule has 0 aliphatic carbocycles. The highest BCUT2D eigenvalue weighted by Crippen LogP contribution is 2.29. The van der Waals surface area contributed by atoms with Gasteiger partial charge in [0.2, 0.25) is 0 Å². The number of piperazine rings is 1. The van der Waals surface area contributed by atoms with Gasteiger partial charge in [0.15, 0.2) is 5.13 Å². The summed E-state index contributed by atoms with van der Waals surface area (Å²) < 4.78 is 1.26. The molecule has 146 valence electrons. The van der Waals surface area contributed by atoms with Gasteiger partial charge >= 0.3 is 0 Å². The third-order valence-electron chi connectivity index (χ3n) is 5.28. The van der Waals surface area contributed by atoms with Gasteiger partial charge in [-0.3, -0.25) is 9.69 Å². The van der Waals surface area contributed by atoms with E-state index in [1.165, 1.54) is 10.3 Å². The standard InChI is InChI=1S/C22H26N4OS/c1-16-7-8-19-20(15-16)28-22(24-19)26-13-11-25(12-14-26)10-9-23-21(27)18-6-4-3-5-17(18)2/h3-8,15H,9-14H2,1-2H3,(H,23,27). The molecule has 1 N–H and O–H groups in total. The van der Waals surface area contributed by atoms with E-state index < -0.39 is 0 Å². The Bertz CT molecular complexity index is 976. The molecule has 0 bridgehead atoms. The van der Waals surface area contributed by atoms with E-state index in [4.69, 9.17) is 4.98 Å². The average molecular weight is 395 g/mol. The summed E-state index contributed by atoms with van der Waals surface area (Å²) in [4.78, 5) is 21.9. The fourth-order valence-electron chi connectivity index (χ4n) is 3.57. The van der Waals surface area contributed by atoms with Gasteiger partial charge in [-0.25, -0.2) is 4.98 Å². The molecule has 2 heterocycles. The van der Waals surface area contributed by atoms with Crippen molar-refractivity contribution < 1.29 is 4.79 Å². The number of amides is 1. The molecule has 0 radical (unpaired) electrons. The van der Waals surface area contributed by atoms with E-state index in [2.05, 4.69) is 40.2 Å². The third-order valence-corrected chi connectivity index (χ3v) is 6.36. The van der Waals surface area contributed by atoms with Crippen molar-refractivity contribution in [2.45, 2.75) is 13.8 Å². The minimum atomic E-state index is 0.0153. The Kier molecular flexibility index (Phi) is 5.59. The van der Waals surface area contributed by atoms with E-state index in [0.29, 0.717) is 6.54 Å². The zero-order chi connectivity index (χ0) is 19.5. The second-order valence-electron chi connectivity index (χ2n) is 7.37. The van der Waals surface area contributed by atoms with Crippen LogP contribution in [0.4, 0.5) is 5.13 Å². The molecule has 28 heavy (non-hydrogen) atoms. The largest absolute Gasteiger partial charge is 0.351 e. The van der Waals surface area contributed by atoms with E-state index in [0.717, 1.165) is 54.5 Å². The van der Waals surface area contributed by atoms with Crippen LogP contribution < -0.4 is 10.2 Å². The number of anilines is 1. The molecule has 0 spiro atoms. The lowest BCUT2D eigenvalue weighted by Gasteiger charge is -2.34. The van der Waals surface area contributed by atoms with Crippen LogP contribution in [0.2, 0.25) is 0 Å². The number of fused-ring (bicyclic) bond motifs is 1. The highest BCUT2D eigenvalue weighted by Gasteiger charge is 2.20. The Morgan fingerprint density at radius 3 is 2.68 bits per heavy atom. The maximum absolute atomic E-state index is 12.3. The first kappa shape index (κ1) is 18.9. The molecule has 0 unspecified atom stereocenters. The predicted octanol–water partition coefficient (Wildman–Crippen LogP) is 3.47. The minimum absolute atomic E-state index is 0.0153. The number of aromatic nitrogens is 1. The highest BCUT2D eigenvalue weighted by atomic mass is 32.1. The Hall–Kier alpha value is -2.44. The summed E-state index contributed by atoms with van der Waals surface area (Å²) >= 11 is 1.78. The summed E-state index contributed by atoms with van der Waals surface area (Å²) in [7, 11) is 0. The van der Waals surface area contributed by atoms with E-state index >= 15 is 0 Å². The summed E-state index contributed by atoms with van der Waals surface area (Å²) in [6.45, 7) is 9.59. The van der Waals surface area contributed by atoms with Gasteiger partial charge in [-0.2, -0.15) is 0 Å². The first-order chi connectivity index (χ1) is 13.6. The number of carbonyl (C=O) groups is 1. The smallest absolute Gasteiger partial charge is 0.251 e. The topological polar surface area (TPSA) is 48.5 Å². The molecule has 4 rings (SSSR count). The Labute approximate surface area is 170 Å². The van der Waals surface area contributed by atoms with Crippen LogP contribution in [0, 0.1) is 13.8 Å². The van der Waals surface area contributed by atoms with Gasteiger partial charge < -0.3 is 10.2 Å². The van der Waals surface area contributed by atoms with Crippen LogP contribution >= 0.6 is 11.3 Å². The molecule has 2 aromatic carbocycles. The van der Waals surface area contributed by atoms with Gasteiger partial charge in [0.1, 0.15) is 0 Å². The number of hydrogen-bond acceptors (Lipinski definition) is 5. The molecular formula is C22H26N4OS. The lowest BCUT2D eigenvalue weighted by molar-refractivity contribution is 0.0947. The molecule has 0 saturated carbocycles. The summed E-state index contributed by atoms with van der Waals surface area (Å²) in [5, 5.41) is 4.17. The number of aryl methyl sites for hydroxylation is 2. The molecule has 1 saturated heterocycles. The third kappa shape index (κ3) is 4.18. The second-order valence-corrected chi connectivity index (χ2v) is 8.38. The molecule has 1 fully saturated rings. The number of hydrogen-bond donors (Lipinski definition) is 1. The maximum atomic E-state index is 12.3. The molecule has 6 heteroatoms. The Balaban J connectivity index is 1.26. The van der Waals surface area contributed by atoms with E-state index in [1.807, 2.05) is 31.2 Å². The van der Waals surface area contributed by atoms with Gasteiger partial charge in [-0.15, -0.1) is 0 Å². The van der Waals surface area contributed by atoms with Crippen LogP contribution in [-0.2, 0) is 0 Å². The van der Waals surface area contributed by atoms with Crippen molar-refractivity contribution in [3.8, 4) is 0 Å². The van der Waals surface area contributed by atoms with Crippen LogP contribution in [0.25, 0.3) is 10.2 Å². The van der Waals surface area contributed by atoms with Crippen LogP contribution in [0.5, 0.6) is 0 Å². The van der Waals surface area contributed by atoms with E-state index in [1.54, 1.807) is 11.3 Å². The van der Waals surface area contributed by atoms with Crippen LogP contribution in [0.1, 0.15) is 21.5 Å². The van der Waals surface area contributed by atoms with Crippen LogP contribution in [0.15, 0.2) is 42.5 Å². The summed E-state index contributed by atoms with van der Waals surface area (Å²) in [6, 6.07) is 14.2. The van der Waals surface area contributed by atoms with E-state index in [-0.39, 0.29) is 5.91 Å². The molecule has 1 aliphatic rings. The molecule has 1 aromatic heterocycles. The van der Waals surface area contributed by atoms with Crippen molar-refractivity contribution in [2.24, 2.45) is 0 Å². The Morgan fingerprint density at radius 1 is 1.11 bits per heavy atom. The average Bonchev–Trinajstić information content (AvgIpc) is 3.12. The molecular weight excluding hydrogens is 368 g/mol. The Morgan fingerprint density at radius 2 is 1.89 bits per heavy atom. The summed E-state index contributed by atoms with van der Waals surface area (Å²) in [6.07, 6.45) is 0. The minimum Gasteiger partial charge on any atom is -0.351 e. The predicted molar refractivity (Wildman–Crippen MR) is 117 cm³/mol. The molecule has 1 amide bonds. The van der Waals surface area contributed by atoms with Gasteiger partial charge in [-0.1, -0.05) is 35.6 Å². The van der Waals surface area contributed by atoms with Gasteiger partial charge in [0, 0.05) is 44.8 Å². The molecule has 3 aromatic rings. The second kappa shape index (κ2) is 8.29. The fraction of sp³-hybridized carbons (Fsp3) is 0.364. The SMILES string of the molecule is Cc1ccc2nc(N3CCN(CCNC(=O)c4ccccc4C)CC3)sc2c1. The van der Waals surface area contributed by atoms with Crippen molar-refractivity contribution in [3.05, 3.63) is 59.2 Å². The first-order valence-corrected chi connectivity index (χ1v) is 10.6. The number of rotatable bonds is 5. The highest BCUT2D eigenvalue weighted by molar-refractivity contribution is 7.22. The van der Waals surface area contributed by atoms with Crippen molar-refractivity contribution >= 4 is 32.6 Å². The fourth-order valence-corrected chi connectivity index (χ4v) is 4.68. The quantitative estimate of drug-likeness (QED) is 0.720. The first-order valence-electron chi connectivity index (χ1n) is 9.78. The van der Waals surface area contributed by atoms with Crippen molar-refractivity contribution in [1.29, 1.82) is 0 Å². The van der Waals surface area contributed by atoms with Gasteiger partial charge in [-0.05, 0) is 43.2 Å². The van der Waals surface area contributed by atoms with Gasteiger partial charge in [0.05, 0.1) is 10.2 Å². The van der Waals surface area contributed by atoms with Crippen LogP contribution in [0.3, 0.4) is 0 Å². The lowest BCUT2D eigenvalue weighted by Crippen LogP contribution is -2.48. The van der Waals surface area contributed by atoms with Crippen LogP contribution in [-0.4, -0.2) is 55.1 Å². The van der Waals surface area contributed by atoms with Crippen molar-refractivity contribution in [2.75, 3.05) is 44.2 Å². The van der Waals surface area contributed by atoms with E-state index in [9.17, 15) is 4.79 Å². The molecule has 1 aliphatic heterocycles. The zero-order valence-electron chi connectivity index (χ0n) is 16.4. The zero-order valence-corrected chi connectivity index (χ0v) is 17.3. The van der Waals surface area contributed by atoms with Crippen molar-refractivity contribution in [3.63, 3.8) is 0 Å². The molecule has 0 atom stereocenters. The number of carbonyl (C=O) groups excluding carboxylic acids is 1. The maximum Gasteiger partial charge on any atom is 0.251 e. The number of nitrogens with one attached hydrogen (secondary N) is 1. The number of nitrogens with zero attached hydrogens (tertiary/aromatic N) is 3. The number of benzene rings is 2. The summed E-state index contributed by atoms with van der Waals surface area (Å²) in [5.74, 6) is 0.0153. The normalized spacial score (nSPS) is 15.1. The van der Waals surface area contributed by atoms with Gasteiger partial charge in [0.25, 0.3) is 5.91 Å². The number of thiazole rings is 1.